The van der Waals surface area contributed by atoms with Crippen LogP contribution in [-0.4, -0.2) is 14.1 Å². The van der Waals surface area contributed by atoms with Crippen LogP contribution in [0.1, 0.15) is 110 Å². The van der Waals surface area contributed by atoms with Gasteiger partial charge in [-0.25, -0.2) is 4.98 Å². The summed E-state index contributed by atoms with van der Waals surface area (Å²) in [4.78, 5) is 4.61. The van der Waals surface area contributed by atoms with E-state index in [2.05, 4.69) is 23.4 Å². The Labute approximate surface area is 474 Å². The smallest absolute Gasteiger partial charge is 0.268 e. The monoisotopic (exact) mass is 1120 g/mol. The van der Waals surface area contributed by atoms with Crippen LogP contribution >= 0.6 is 0 Å². The fraction of sp³-hybridized carbons (Fsp3) is 0.156. The summed E-state index contributed by atoms with van der Waals surface area (Å²) in [5, 5.41) is 1.20. The molecule has 5 nitrogen and oxygen atoms in total. The zero-order chi connectivity index (χ0) is 76.9. The van der Waals surface area contributed by atoms with Gasteiger partial charge in [0.1, 0.15) is 5.82 Å². The molecule has 0 unspecified atom stereocenters. The first-order chi connectivity index (χ1) is 47.9. The van der Waals surface area contributed by atoms with Crippen LogP contribution in [0.25, 0.3) is 83.4 Å². The van der Waals surface area contributed by atoms with Gasteiger partial charge in [0.05, 0.1) is 34.5 Å². The van der Waals surface area contributed by atoms with Gasteiger partial charge in [0.25, 0.3) is 6.33 Å². The quantitative estimate of drug-likeness (QED) is 0.112. The first-order valence-electron chi connectivity index (χ1n) is 38.5. The minimum Gasteiger partial charge on any atom is -0.510 e. The molecule has 0 amide bonds. The normalized spacial score (nSPS) is 23.6. The van der Waals surface area contributed by atoms with Crippen LogP contribution in [0.4, 0.5) is 0 Å². The van der Waals surface area contributed by atoms with Crippen molar-refractivity contribution in [3.05, 3.63) is 223 Å². The van der Waals surface area contributed by atoms with Crippen LogP contribution < -0.4 is 9.30 Å². The number of imidazole rings is 1. The van der Waals surface area contributed by atoms with E-state index in [-0.39, 0.29) is 71.7 Å². The molecule has 6 heteroatoms. The largest absolute Gasteiger partial charge is 0.510 e. The van der Waals surface area contributed by atoms with Gasteiger partial charge < -0.3 is 13.9 Å². The van der Waals surface area contributed by atoms with Gasteiger partial charge in [0.2, 0.25) is 0 Å². The fourth-order valence-corrected chi connectivity index (χ4v) is 8.53. The second-order valence-corrected chi connectivity index (χ2v) is 16.0. The minimum absolute atomic E-state index is 0. The van der Waals surface area contributed by atoms with Gasteiger partial charge in [0.15, 0.2) is 0 Å². The second kappa shape index (κ2) is 17.6. The Hall–Kier alpha value is -7.33. The maximum absolute atomic E-state index is 10.2. The molecule has 11 aromatic rings. The van der Waals surface area contributed by atoms with Crippen LogP contribution in [0.3, 0.4) is 0 Å². The van der Waals surface area contributed by atoms with Crippen molar-refractivity contribution in [2.24, 2.45) is 0 Å². The molecule has 1 aliphatic rings. The van der Waals surface area contributed by atoms with Gasteiger partial charge >= 0.3 is 0 Å². The standard InChI is InChI=1S/C64H52N4O.Pt/c1-42-34-52(44-18-9-7-10-19-44)62(53(35-42)46-28-31-55-56(37-46)64(5,6)33-32-63(55,3)4)67-41-66(58-26-15-16-27-59(58)67)47-22-17-23-48(38-47)69-49-29-30-51-50-24-13-14-25-57(50)68(60(51)39-49)61-36-43(2)54(40-65-61)45-20-11-8-12-21-45;/h7-31,34-37,40H,32-33H2,1-6H3;/q-2;/i1D3,2D3,3D3,4D3,5D3,6D3,7D,8D,9D,10D,11D,12D,18D,19D,20D,21D,28D,31D,32D2,33D2,37D;. The van der Waals surface area contributed by atoms with Crippen molar-refractivity contribution >= 4 is 32.8 Å². The van der Waals surface area contributed by atoms with E-state index in [0.717, 1.165) is 22.9 Å². The molecule has 0 fully saturated rings. The number of fused-ring (bicyclic) bond motifs is 5. The molecular formula is C64H52N4OPt-2. The maximum Gasteiger partial charge on any atom is 0.268 e. The molecule has 3 aromatic heterocycles. The predicted molar refractivity (Wildman–Crippen MR) is 281 cm³/mol. The summed E-state index contributed by atoms with van der Waals surface area (Å²) in [6, 6.07) is 16.4. The van der Waals surface area contributed by atoms with E-state index in [1.807, 2.05) is 0 Å². The molecule has 0 radical (unpaired) electrons. The van der Waals surface area contributed by atoms with Crippen LogP contribution in [0, 0.1) is 32.2 Å². The number of benzene rings is 8. The Morgan fingerprint density at radius 2 is 1.36 bits per heavy atom. The predicted octanol–water partition coefficient (Wildman–Crippen LogP) is 15.6. The second-order valence-electron chi connectivity index (χ2n) is 16.0. The van der Waals surface area contributed by atoms with Crippen molar-refractivity contribution in [3.8, 4) is 62.1 Å². The molecule has 0 saturated carbocycles. The number of pyridine rings is 1. The number of aromatic nitrogens is 4. The molecule has 0 aliphatic heterocycles. The van der Waals surface area contributed by atoms with Crippen molar-refractivity contribution in [2.75, 3.05) is 0 Å². The van der Waals surface area contributed by atoms with E-state index >= 15 is 0 Å². The summed E-state index contributed by atoms with van der Waals surface area (Å²) >= 11 is 0. The number of aryl methyl sites for hydroxylation is 2. The van der Waals surface area contributed by atoms with Crippen LogP contribution in [0.2, 0.25) is 0 Å². The molecule has 0 atom stereocenters. The number of rotatable bonds is 8. The average molecular weight is 1120 g/mol. The molecule has 12 rings (SSSR count). The summed E-state index contributed by atoms with van der Waals surface area (Å²) < 4.78 is 324. The van der Waals surface area contributed by atoms with Gasteiger partial charge in [-0.15, -0.1) is 29.7 Å². The Kier molecular flexibility index (Phi) is 5.16. The van der Waals surface area contributed by atoms with Crippen LogP contribution in [0.15, 0.2) is 182 Å². The molecule has 3 heterocycles. The number of hydrogen-bond donors (Lipinski definition) is 0. The maximum atomic E-state index is 10.2. The van der Waals surface area contributed by atoms with Gasteiger partial charge in [-0.05, 0) is 105 Å². The third kappa shape index (κ3) is 7.78. The number of nitrogens with zero attached hydrogens (tertiary/aromatic N) is 4. The molecule has 0 saturated heterocycles. The summed E-state index contributed by atoms with van der Waals surface area (Å²) in [6.45, 7) is -24.2. The number of ether oxygens (including phenoxy) is 1. The Morgan fingerprint density at radius 1 is 0.657 bits per heavy atom. The zero-order valence-corrected chi connectivity index (χ0v) is 38.1. The summed E-state index contributed by atoms with van der Waals surface area (Å²) in [7, 11) is 0. The Balaban J connectivity index is 0.0000110. The van der Waals surface area contributed by atoms with Crippen molar-refractivity contribution in [2.45, 2.75) is 64.7 Å². The van der Waals surface area contributed by atoms with Gasteiger partial charge in [0, 0.05) is 80.0 Å². The third-order valence-corrected chi connectivity index (χ3v) is 11.6. The van der Waals surface area contributed by atoms with Gasteiger partial charge in [-0.1, -0.05) is 172 Å². The van der Waals surface area contributed by atoms with Crippen molar-refractivity contribution in [1.29, 1.82) is 0 Å². The van der Waals surface area contributed by atoms with Gasteiger partial charge in [-0.3, -0.25) is 4.57 Å². The zero-order valence-electron chi connectivity index (χ0n) is 70.8. The molecule has 70 heavy (non-hydrogen) atoms. The molecular weight excluding hydrogens is 1040 g/mol. The van der Waals surface area contributed by atoms with E-state index in [0.29, 0.717) is 16.3 Å². The van der Waals surface area contributed by atoms with Crippen molar-refractivity contribution in [1.82, 2.24) is 14.1 Å². The first kappa shape index (κ1) is 20.6. The summed E-state index contributed by atoms with van der Waals surface area (Å²) in [5.74, 6) is -0.0328. The first-order valence-corrected chi connectivity index (χ1v) is 21.0. The van der Waals surface area contributed by atoms with E-state index in [9.17, 15) is 12.3 Å². The summed E-state index contributed by atoms with van der Waals surface area (Å²) in [6.07, 6.45) is -5.29. The molecule has 0 spiro atoms. The molecule has 0 bridgehead atoms. The molecule has 0 N–H and O–H groups in total. The van der Waals surface area contributed by atoms with Crippen molar-refractivity contribution < 1.29 is 78.3 Å². The topological polar surface area (TPSA) is 35.9 Å². The van der Waals surface area contributed by atoms with Crippen molar-refractivity contribution in [3.63, 3.8) is 0 Å². The average Bonchev–Trinajstić information content (AvgIpc) is 0.700. The minimum atomic E-state index is -4.77. The van der Waals surface area contributed by atoms with Crippen LogP contribution in [0.5, 0.6) is 11.5 Å². The van der Waals surface area contributed by atoms with E-state index < -0.39 is 193 Å². The van der Waals surface area contributed by atoms with Gasteiger partial charge in [-0.2, -0.15) is 18.2 Å². The van der Waals surface area contributed by atoms with E-state index in [1.54, 1.807) is 41.0 Å². The van der Waals surface area contributed by atoms with E-state index in [4.69, 9.17) is 40.4 Å². The Bertz CT molecular complexity index is 5380. The third-order valence-electron chi connectivity index (χ3n) is 11.6. The van der Waals surface area contributed by atoms with E-state index in [1.165, 1.54) is 53.1 Å². The molecule has 346 valence electrons. The SMILES string of the molecule is [2H]c1c([2H])c([2H])c(-c2cnc(-n3c4[c-]c(Oc5[c-]c(-n6[c-][n+](-c7c(-c8c([2H])c([2H])c([2H])c([2H])c8[2H])cc(C([2H])([2H])[2H])cc7-c7c([2H])c([2H])c8c(c7[2H])C(C([2H])([2H])[2H])(C([2H])([2H])[2H])C([2H])([2H])C([2H])([2H])C8(C([2H])([2H])[2H])C([2H])([2H])[2H])c7ccccc76)ccc5)ccc4c4ccccc43)cc2C([2H])([2H])[2H])c([2H])c1[2H].[Pt]. The Morgan fingerprint density at radius 3 is 2.11 bits per heavy atom. The number of hydrogen-bond acceptors (Lipinski definition) is 2. The molecule has 1 aliphatic carbocycles. The number of para-hydroxylation sites is 3. The summed E-state index contributed by atoms with van der Waals surface area (Å²) in [5.41, 5.74) is -18.2. The van der Waals surface area contributed by atoms with Crippen LogP contribution in [-0.2, 0) is 31.9 Å². The molecule has 8 aromatic carbocycles. The fourth-order valence-electron chi connectivity index (χ4n) is 8.53.